The van der Waals surface area contributed by atoms with E-state index in [-0.39, 0.29) is 18.3 Å². The molecule has 0 radical (unpaired) electrons. The van der Waals surface area contributed by atoms with Crippen molar-refractivity contribution < 1.29 is 14.3 Å². The number of nitrogens with zero attached hydrogens (tertiary/aromatic N) is 1. The summed E-state index contributed by atoms with van der Waals surface area (Å²) in [6.45, 7) is 0.456. The second-order valence-corrected chi connectivity index (χ2v) is 4.94. The van der Waals surface area contributed by atoms with Crippen LogP contribution in [0.25, 0.3) is 0 Å². The Morgan fingerprint density at radius 3 is 2.32 bits per heavy atom. The molecule has 6 heteroatoms. The molecule has 0 atom stereocenters. The molecule has 4 nitrogen and oxygen atoms in total. The third kappa shape index (κ3) is 5.09. The van der Waals surface area contributed by atoms with Crippen LogP contribution in [0.15, 0.2) is 18.2 Å². The third-order valence-corrected chi connectivity index (χ3v) is 2.99. The topological polar surface area (TPSA) is 46.6 Å². The fourth-order valence-corrected chi connectivity index (χ4v) is 2.09. The van der Waals surface area contributed by atoms with E-state index in [1.165, 1.54) is 12.0 Å². The number of ether oxygens (including phenoxy) is 1. The van der Waals surface area contributed by atoms with E-state index >= 15 is 0 Å². The van der Waals surface area contributed by atoms with Crippen molar-refractivity contribution >= 4 is 35.1 Å². The molecule has 1 aromatic rings. The summed E-state index contributed by atoms with van der Waals surface area (Å²) in [5.74, 6) is -0.471. The Labute approximate surface area is 122 Å². The van der Waals surface area contributed by atoms with Gasteiger partial charge in [0.1, 0.15) is 0 Å². The van der Waals surface area contributed by atoms with Crippen molar-refractivity contribution in [3.63, 3.8) is 0 Å². The summed E-state index contributed by atoms with van der Waals surface area (Å²) in [6.07, 6.45) is 0.827. The van der Waals surface area contributed by atoms with E-state index < -0.39 is 0 Å². The Hall–Kier alpha value is -1.26. The van der Waals surface area contributed by atoms with Crippen LogP contribution >= 0.6 is 23.2 Å². The first-order valence-corrected chi connectivity index (χ1v) is 6.48. The summed E-state index contributed by atoms with van der Waals surface area (Å²) >= 11 is 11.7. The van der Waals surface area contributed by atoms with Gasteiger partial charge >= 0.3 is 5.97 Å². The van der Waals surface area contributed by atoms with E-state index in [4.69, 9.17) is 23.2 Å². The van der Waals surface area contributed by atoms with Crippen LogP contribution in [0.5, 0.6) is 0 Å². The van der Waals surface area contributed by atoms with Crippen LogP contribution in [0.1, 0.15) is 23.2 Å². The highest BCUT2D eigenvalue weighted by molar-refractivity contribution is 6.35. The second-order valence-electron chi connectivity index (χ2n) is 4.06. The second kappa shape index (κ2) is 7.36. The van der Waals surface area contributed by atoms with Gasteiger partial charge in [-0.1, -0.05) is 23.2 Å². The Bertz CT molecular complexity index is 457. The van der Waals surface area contributed by atoms with Gasteiger partial charge in [0.25, 0.3) is 5.91 Å². The van der Waals surface area contributed by atoms with E-state index in [1.807, 2.05) is 0 Å². The van der Waals surface area contributed by atoms with Gasteiger partial charge in [-0.15, -0.1) is 0 Å². The van der Waals surface area contributed by atoms with Crippen LogP contribution in [0, 0.1) is 0 Å². The zero-order chi connectivity index (χ0) is 14.4. The predicted octanol–water partition coefficient (Wildman–Crippen LogP) is 3.02. The number of carbonyl (C=O) groups is 2. The van der Waals surface area contributed by atoms with E-state index in [9.17, 15) is 9.59 Å². The highest BCUT2D eigenvalue weighted by atomic mass is 35.5. The summed E-state index contributed by atoms with van der Waals surface area (Å²) in [5.41, 5.74) is 0.429. The molecule has 1 aromatic carbocycles. The molecule has 0 fully saturated rings. The number of methoxy groups -OCH3 is 1. The minimum absolute atomic E-state index is 0.186. The SMILES string of the molecule is COC(=O)CCCN(C)C(=O)c1cc(Cl)cc(Cl)c1. The van der Waals surface area contributed by atoms with E-state index in [0.29, 0.717) is 28.6 Å². The minimum atomic E-state index is -0.286. The fraction of sp³-hybridized carbons (Fsp3) is 0.385. The first-order chi connectivity index (χ1) is 8.93. The molecule has 0 aliphatic heterocycles. The highest BCUT2D eigenvalue weighted by Gasteiger charge is 2.13. The lowest BCUT2D eigenvalue weighted by Gasteiger charge is -2.17. The Morgan fingerprint density at radius 2 is 1.79 bits per heavy atom. The van der Waals surface area contributed by atoms with Gasteiger partial charge in [-0.25, -0.2) is 0 Å². The zero-order valence-corrected chi connectivity index (χ0v) is 12.3. The monoisotopic (exact) mass is 303 g/mol. The van der Waals surface area contributed by atoms with E-state index in [1.54, 1.807) is 25.2 Å². The number of hydrogen-bond donors (Lipinski definition) is 0. The Balaban J connectivity index is 2.59. The van der Waals surface area contributed by atoms with E-state index in [0.717, 1.165) is 0 Å². The van der Waals surface area contributed by atoms with Crippen molar-refractivity contribution in [1.29, 1.82) is 0 Å². The highest BCUT2D eigenvalue weighted by Crippen LogP contribution is 2.20. The van der Waals surface area contributed by atoms with Crippen molar-refractivity contribution in [2.24, 2.45) is 0 Å². The quantitative estimate of drug-likeness (QED) is 0.786. The molecule has 0 N–H and O–H groups in total. The van der Waals surface area contributed by atoms with Gasteiger partial charge < -0.3 is 9.64 Å². The van der Waals surface area contributed by atoms with Crippen molar-refractivity contribution in [2.45, 2.75) is 12.8 Å². The van der Waals surface area contributed by atoms with Gasteiger partial charge in [-0.05, 0) is 24.6 Å². The maximum absolute atomic E-state index is 12.1. The summed E-state index contributed by atoms with van der Waals surface area (Å²) < 4.78 is 4.53. The van der Waals surface area contributed by atoms with Crippen molar-refractivity contribution in [1.82, 2.24) is 4.90 Å². The number of rotatable bonds is 5. The lowest BCUT2D eigenvalue weighted by Crippen LogP contribution is -2.28. The van der Waals surface area contributed by atoms with Crippen molar-refractivity contribution in [3.8, 4) is 0 Å². The number of esters is 1. The van der Waals surface area contributed by atoms with Gasteiger partial charge in [0, 0.05) is 35.6 Å². The molecule has 0 unspecified atom stereocenters. The lowest BCUT2D eigenvalue weighted by molar-refractivity contribution is -0.140. The molecule has 104 valence electrons. The van der Waals surface area contributed by atoms with Crippen LogP contribution in [-0.4, -0.2) is 37.5 Å². The largest absolute Gasteiger partial charge is 0.469 e. The standard InChI is InChI=1S/C13H15Cl2NO3/c1-16(5-3-4-12(17)19-2)13(18)9-6-10(14)8-11(15)7-9/h6-8H,3-5H2,1-2H3. The number of halogens is 2. The molecule has 0 saturated carbocycles. The normalized spacial score (nSPS) is 10.1. The molecule has 0 aliphatic rings. The average Bonchev–Trinajstić information content (AvgIpc) is 2.36. The first-order valence-electron chi connectivity index (χ1n) is 5.72. The molecule has 1 amide bonds. The summed E-state index contributed by atoms with van der Waals surface area (Å²) in [5, 5.41) is 0.831. The summed E-state index contributed by atoms with van der Waals surface area (Å²) in [6, 6.07) is 4.69. The van der Waals surface area contributed by atoms with Gasteiger partial charge in [0.15, 0.2) is 0 Å². The van der Waals surface area contributed by atoms with Crippen LogP contribution in [0.3, 0.4) is 0 Å². The Kier molecular flexibility index (Phi) is 6.12. The number of benzene rings is 1. The van der Waals surface area contributed by atoms with Crippen LogP contribution in [-0.2, 0) is 9.53 Å². The van der Waals surface area contributed by atoms with Crippen molar-refractivity contribution in [3.05, 3.63) is 33.8 Å². The molecule has 0 spiro atoms. The van der Waals surface area contributed by atoms with Gasteiger partial charge in [-0.2, -0.15) is 0 Å². The smallest absolute Gasteiger partial charge is 0.305 e. The minimum Gasteiger partial charge on any atom is -0.469 e. The summed E-state index contributed by atoms with van der Waals surface area (Å²) in [4.78, 5) is 24.6. The van der Waals surface area contributed by atoms with E-state index in [2.05, 4.69) is 4.74 Å². The number of amides is 1. The number of carbonyl (C=O) groups excluding carboxylic acids is 2. The Morgan fingerprint density at radius 1 is 1.21 bits per heavy atom. The van der Waals surface area contributed by atoms with Crippen LogP contribution < -0.4 is 0 Å². The zero-order valence-electron chi connectivity index (χ0n) is 10.8. The molecular formula is C13H15Cl2NO3. The summed E-state index contributed by atoms with van der Waals surface area (Å²) in [7, 11) is 3.00. The van der Waals surface area contributed by atoms with Gasteiger partial charge in [0.05, 0.1) is 7.11 Å². The molecule has 0 saturated heterocycles. The molecule has 0 aromatic heterocycles. The van der Waals surface area contributed by atoms with Gasteiger partial charge in [0.2, 0.25) is 0 Å². The third-order valence-electron chi connectivity index (χ3n) is 2.56. The molecule has 1 rings (SSSR count). The number of hydrogen-bond acceptors (Lipinski definition) is 3. The maximum Gasteiger partial charge on any atom is 0.305 e. The molecule has 0 heterocycles. The van der Waals surface area contributed by atoms with Crippen molar-refractivity contribution in [2.75, 3.05) is 20.7 Å². The predicted molar refractivity (Wildman–Crippen MR) is 74.7 cm³/mol. The van der Waals surface area contributed by atoms with Gasteiger partial charge in [-0.3, -0.25) is 9.59 Å². The van der Waals surface area contributed by atoms with Crippen LogP contribution in [0.4, 0.5) is 0 Å². The average molecular weight is 304 g/mol. The fourth-order valence-electron chi connectivity index (χ4n) is 1.56. The van der Waals surface area contributed by atoms with Crippen LogP contribution in [0.2, 0.25) is 10.0 Å². The lowest BCUT2D eigenvalue weighted by atomic mass is 10.2. The molecular weight excluding hydrogens is 289 g/mol. The first kappa shape index (κ1) is 15.8. The molecule has 19 heavy (non-hydrogen) atoms. The maximum atomic E-state index is 12.1. The molecule has 0 aliphatic carbocycles. The molecule has 0 bridgehead atoms.